The predicted octanol–water partition coefficient (Wildman–Crippen LogP) is 1.38. The topological polar surface area (TPSA) is 49.6 Å². The van der Waals surface area contributed by atoms with Gasteiger partial charge in [-0.15, -0.1) is 0 Å². The average molecular weight is 277 g/mol. The van der Waals surface area contributed by atoms with E-state index < -0.39 is 0 Å². The lowest BCUT2D eigenvalue weighted by molar-refractivity contribution is -0.128. The fourth-order valence-electron chi connectivity index (χ4n) is 2.26. The van der Waals surface area contributed by atoms with Gasteiger partial charge in [0.1, 0.15) is 4.99 Å². The molecule has 2 N–H and O–H groups in total. The van der Waals surface area contributed by atoms with E-state index in [2.05, 4.69) is 0 Å². The van der Waals surface area contributed by atoms with E-state index in [0.717, 1.165) is 37.2 Å². The van der Waals surface area contributed by atoms with Gasteiger partial charge in [0.15, 0.2) is 0 Å². The lowest BCUT2D eigenvalue weighted by Crippen LogP contribution is -2.37. The molecule has 0 aliphatic carbocycles. The summed E-state index contributed by atoms with van der Waals surface area (Å²) in [5.74, 6) is 0.181. The molecule has 1 aromatic carbocycles. The minimum Gasteiger partial charge on any atom is -0.389 e. The molecule has 1 heterocycles. The summed E-state index contributed by atoms with van der Waals surface area (Å²) in [4.78, 5) is 16.3. The number of rotatable bonds is 4. The SMILES string of the molecule is CN(CC(=O)N1CCCC1)c1cccc(C(N)=S)c1. The molecule has 0 radical (unpaired) electrons. The highest BCUT2D eigenvalue weighted by Gasteiger charge is 2.19. The van der Waals surface area contributed by atoms with E-state index >= 15 is 0 Å². The third kappa shape index (κ3) is 3.44. The Kier molecular flexibility index (Phi) is 4.37. The van der Waals surface area contributed by atoms with Gasteiger partial charge in [0, 0.05) is 31.4 Å². The molecule has 0 aromatic heterocycles. The second-order valence-electron chi connectivity index (χ2n) is 4.86. The highest BCUT2D eigenvalue weighted by atomic mass is 32.1. The van der Waals surface area contributed by atoms with E-state index in [0.29, 0.717) is 11.5 Å². The summed E-state index contributed by atoms with van der Waals surface area (Å²) in [5.41, 5.74) is 7.40. The number of carbonyl (C=O) groups excluding carboxylic acids is 1. The first-order chi connectivity index (χ1) is 9.08. The van der Waals surface area contributed by atoms with Crippen molar-refractivity contribution in [1.82, 2.24) is 4.90 Å². The Morgan fingerprint density at radius 3 is 2.74 bits per heavy atom. The van der Waals surface area contributed by atoms with Crippen molar-refractivity contribution in [3.05, 3.63) is 29.8 Å². The van der Waals surface area contributed by atoms with Crippen LogP contribution in [0.25, 0.3) is 0 Å². The van der Waals surface area contributed by atoms with Crippen LogP contribution in [-0.2, 0) is 4.79 Å². The Labute approximate surface area is 119 Å². The Hall–Kier alpha value is -1.62. The normalized spacial score (nSPS) is 14.5. The Bertz CT molecular complexity index is 483. The Morgan fingerprint density at radius 1 is 1.42 bits per heavy atom. The van der Waals surface area contributed by atoms with Crippen LogP contribution < -0.4 is 10.6 Å². The minimum atomic E-state index is 0.181. The maximum Gasteiger partial charge on any atom is 0.242 e. The van der Waals surface area contributed by atoms with Gasteiger partial charge in [0.25, 0.3) is 0 Å². The van der Waals surface area contributed by atoms with Gasteiger partial charge >= 0.3 is 0 Å². The molecule has 19 heavy (non-hydrogen) atoms. The van der Waals surface area contributed by atoms with Gasteiger partial charge in [-0.05, 0) is 25.0 Å². The van der Waals surface area contributed by atoms with E-state index in [9.17, 15) is 4.79 Å². The zero-order chi connectivity index (χ0) is 13.8. The summed E-state index contributed by atoms with van der Waals surface area (Å²) >= 11 is 4.97. The zero-order valence-corrected chi connectivity index (χ0v) is 11.9. The number of anilines is 1. The number of likely N-dealkylation sites (tertiary alicyclic amines) is 1. The van der Waals surface area contributed by atoms with Crippen molar-refractivity contribution in [2.24, 2.45) is 5.73 Å². The summed E-state index contributed by atoms with van der Waals surface area (Å²) < 4.78 is 0. The molecule has 1 saturated heterocycles. The summed E-state index contributed by atoms with van der Waals surface area (Å²) in [6, 6.07) is 7.65. The van der Waals surface area contributed by atoms with Crippen LogP contribution in [0, 0.1) is 0 Å². The third-order valence-electron chi connectivity index (χ3n) is 3.40. The van der Waals surface area contributed by atoms with E-state index in [1.807, 2.05) is 41.1 Å². The van der Waals surface area contributed by atoms with Gasteiger partial charge in [-0.2, -0.15) is 0 Å². The van der Waals surface area contributed by atoms with Crippen molar-refractivity contribution >= 4 is 28.8 Å². The molecule has 0 bridgehead atoms. The van der Waals surface area contributed by atoms with Gasteiger partial charge in [0.05, 0.1) is 6.54 Å². The molecular formula is C14H19N3OS. The van der Waals surface area contributed by atoms with Crippen molar-refractivity contribution in [1.29, 1.82) is 0 Å². The van der Waals surface area contributed by atoms with Gasteiger partial charge < -0.3 is 15.5 Å². The number of benzene rings is 1. The quantitative estimate of drug-likeness (QED) is 0.845. The largest absolute Gasteiger partial charge is 0.389 e. The predicted molar refractivity (Wildman–Crippen MR) is 81.4 cm³/mol. The second kappa shape index (κ2) is 6.02. The number of nitrogens with zero attached hydrogens (tertiary/aromatic N) is 2. The van der Waals surface area contributed by atoms with Crippen LogP contribution in [0.4, 0.5) is 5.69 Å². The Balaban J connectivity index is 2.02. The zero-order valence-electron chi connectivity index (χ0n) is 11.1. The molecule has 5 heteroatoms. The lowest BCUT2D eigenvalue weighted by Gasteiger charge is -2.23. The first-order valence-electron chi connectivity index (χ1n) is 6.46. The minimum absolute atomic E-state index is 0.181. The fourth-order valence-corrected chi connectivity index (χ4v) is 2.38. The van der Waals surface area contributed by atoms with Gasteiger partial charge in [-0.1, -0.05) is 24.4 Å². The van der Waals surface area contributed by atoms with E-state index in [1.54, 1.807) is 0 Å². The molecule has 0 unspecified atom stereocenters. The third-order valence-corrected chi connectivity index (χ3v) is 3.64. The second-order valence-corrected chi connectivity index (χ2v) is 5.30. The van der Waals surface area contributed by atoms with Crippen molar-refractivity contribution in [3.63, 3.8) is 0 Å². The van der Waals surface area contributed by atoms with Crippen molar-refractivity contribution < 1.29 is 4.79 Å². The maximum absolute atomic E-state index is 12.1. The van der Waals surface area contributed by atoms with Crippen molar-refractivity contribution in [2.75, 3.05) is 31.6 Å². The summed E-state index contributed by atoms with van der Waals surface area (Å²) in [5, 5.41) is 0. The van der Waals surface area contributed by atoms with E-state index in [1.165, 1.54) is 0 Å². The number of carbonyl (C=O) groups is 1. The van der Waals surface area contributed by atoms with Gasteiger partial charge in [-0.25, -0.2) is 0 Å². The number of likely N-dealkylation sites (N-methyl/N-ethyl adjacent to an activating group) is 1. The molecule has 1 aliphatic rings. The first-order valence-corrected chi connectivity index (χ1v) is 6.87. The van der Waals surface area contributed by atoms with Gasteiger partial charge in [-0.3, -0.25) is 4.79 Å². The maximum atomic E-state index is 12.1. The molecule has 1 amide bonds. The van der Waals surface area contributed by atoms with Crippen LogP contribution in [0.1, 0.15) is 18.4 Å². The van der Waals surface area contributed by atoms with Crippen LogP contribution in [0.5, 0.6) is 0 Å². The highest BCUT2D eigenvalue weighted by Crippen LogP contribution is 2.16. The van der Waals surface area contributed by atoms with E-state index in [-0.39, 0.29) is 5.91 Å². The summed E-state index contributed by atoms with van der Waals surface area (Å²) in [7, 11) is 1.91. The smallest absolute Gasteiger partial charge is 0.242 e. The van der Waals surface area contributed by atoms with Crippen molar-refractivity contribution in [3.8, 4) is 0 Å². The van der Waals surface area contributed by atoms with Crippen molar-refractivity contribution in [2.45, 2.75) is 12.8 Å². The molecule has 102 valence electrons. The van der Waals surface area contributed by atoms with E-state index in [4.69, 9.17) is 18.0 Å². The molecule has 0 atom stereocenters. The first kappa shape index (κ1) is 13.8. The van der Waals surface area contributed by atoms with Crippen LogP contribution in [0.2, 0.25) is 0 Å². The molecule has 4 nitrogen and oxygen atoms in total. The van der Waals surface area contributed by atoms with Crippen LogP contribution in [-0.4, -0.2) is 42.5 Å². The number of amides is 1. The monoisotopic (exact) mass is 277 g/mol. The van der Waals surface area contributed by atoms with Crippen LogP contribution in [0.15, 0.2) is 24.3 Å². The number of hydrogen-bond donors (Lipinski definition) is 1. The van der Waals surface area contributed by atoms with Crippen LogP contribution >= 0.6 is 12.2 Å². The number of thiocarbonyl (C=S) groups is 1. The van der Waals surface area contributed by atoms with Gasteiger partial charge in [0.2, 0.25) is 5.91 Å². The molecule has 1 aromatic rings. The molecule has 1 aliphatic heterocycles. The fraction of sp³-hybridized carbons (Fsp3) is 0.429. The number of hydrogen-bond acceptors (Lipinski definition) is 3. The summed E-state index contributed by atoms with van der Waals surface area (Å²) in [6.07, 6.45) is 2.23. The lowest BCUT2D eigenvalue weighted by atomic mass is 10.2. The Morgan fingerprint density at radius 2 is 2.11 bits per heavy atom. The molecule has 0 saturated carbocycles. The molecule has 2 rings (SSSR count). The highest BCUT2D eigenvalue weighted by molar-refractivity contribution is 7.80. The molecular weight excluding hydrogens is 258 g/mol. The molecule has 0 spiro atoms. The molecule has 1 fully saturated rings. The summed E-state index contributed by atoms with van der Waals surface area (Å²) in [6.45, 7) is 2.17. The van der Waals surface area contributed by atoms with Crippen LogP contribution in [0.3, 0.4) is 0 Å². The standard InChI is InChI=1S/C14H19N3OS/c1-16(10-13(18)17-7-2-3-8-17)12-6-4-5-11(9-12)14(15)19/h4-6,9H,2-3,7-8,10H2,1H3,(H2,15,19). The number of nitrogens with two attached hydrogens (primary N) is 1. The average Bonchev–Trinajstić information content (AvgIpc) is 2.92.